The summed E-state index contributed by atoms with van der Waals surface area (Å²) in [4.78, 5) is 11.9. The molecule has 0 spiro atoms. The van der Waals surface area contributed by atoms with Gasteiger partial charge in [-0.3, -0.25) is 10.1 Å². The van der Waals surface area contributed by atoms with E-state index in [1.54, 1.807) is 12.1 Å². The SMILES string of the molecule is O=[N+]([O-])c1ccccc1S[C@@H]1C[C@H]2[C@H](c3cc(Br)ccc3N[C@H]2c2ccc(Cl)cc2)[C@@H]1Cl. The molecule has 0 radical (unpaired) electrons. The number of para-hydroxylation sites is 1. The molecule has 1 N–H and O–H groups in total. The zero-order valence-corrected chi connectivity index (χ0v) is 20.7. The van der Waals surface area contributed by atoms with Crippen molar-refractivity contribution >= 4 is 62.3 Å². The normalized spacial score (nSPS) is 26.2. The standard InChI is InChI=1S/C24H19BrCl2N2O2S/c25-14-7-10-18-16(11-14)22-17(24(28-18)13-5-8-15(26)9-6-13)12-21(23(22)27)32-20-4-2-1-3-19(20)29(30)31/h1-11,17,21-24,28H,12H2/t17-,21+,22-,23+,24-/m0/s1. The molecule has 8 heteroatoms. The highest BCUT2D eigenvalue weighted by atomic mass is 79.9. The van der Waals surface area contributed by atoms with E-state index < -0.39 is 0 Å². The van der Waals surface area contributed by atoms with E-state index in [9.17, 15) is 10.1 Å². The van der Waals surface area contributed by atoms with Crippen molar-refractivity contribution in [1.82, 2.24) is 0 Å². The fraction of sp³-hybridized carbons (Fsp3) is 0.250. The Morgan fingerprint density at radius 1 is 1.09 bits per heavy atom. The van der Waals surface area contributed by atoms with E-state index in [4.69, 9.17) is 23.2 Å². The average molecular weight is 550 g/mol. The van der Waals surface area contributed by atoms with Gasteiger partial charge < -0.3 is 5.32 Å². The number of hydrogen-bond donors (Lipinski definition) is 1. The Kier molecular flexibility index (Phi) is 6.14. The minimum absolute atomic E-state index is 0.0503. The first kappa shape index (κ1) is 22.1. The van der Waals surface area contributed by atoms with E-state index in [-0.39, 0.29) is 39.1 Å². The second-order valence-corrected chi connectivity index (χ2v) is 11.3. The Hall–Kier alpha value is -1.73. The predicted octanol–water partition coefficient (Wildman–Crippen LogP) is 8.05. The van der Waals surface area contributed by atoms with Gasteiger partial charge in [0.05, 0.1) is 21.2 Å². The molecule has 5 atom stereocenters. The Morgan fingerprint density at radius 2 is 1.84 bits per heavy atom. The van der Waals surface area contributed by atoms with Crippen LogP contribution in [-0.2, 0) is 0 Å². The van der Waals surface area contributed by atoms with Crippen LogP contribution in [0.4, 0.5) is 11.4 Å². The van der Waals surface area contributed by atoms with Gasteiger partial charge in [0.2, 0.25) is 0 Å². The molecular weight excluding hydrogens is 531 g/mol. The quantitative estimate of drug-likeness (QED) is 0.203. The van der Waals surface area contributed by atoms with Gasteiger partial charge in [0, 0.05) is 32.4 Å². The maximum absolute atomic E-state index is 11.5. The van der Waals surface area contributed by atoms with Gasteiger partial charge in [0.1, 0.15) is 0 Å². The van der Waals surface area contributed by atoms with Crippen LogP contribution < -0.4 is 5.32 Å². The molecule has 0 aromatic heterocycles. The number of fused-ring (bicyclic) bond motifs is 3. The maximum atomic E-state index is 11.5. The van der Waals surface area contributed by atoms with E-state index in [0.29, 0.717) is 9.92 Å². The second kappa shape index (κ2) is 8.90. The van der Waals surface area contributed by atoms with Gasteiger partial charge in [-0.25, -0.2) is 0 Å². The number of halogens is 3. The van der Waals surface area contributed by atoms with Crippen molar-refractivity contribution in [2.24, 2.45) is 5.92 Å². The number of alkyl halides is 1. The highest BCUT2D eigenvalue weighted by Crippen LogP contribution is 2.58. The summed E-state index contributed by atoms with van der Waals surface area (Å²) in [6, 6.07) is 21.2. The number of thioether (sulfide) groups is 1. The van der Waals surface area contributed by atoms with Crippen molar-refractivity contribution in [2.75, 3.05) is 5.32 Å². The zero-order valence-electron chi connectivity index (χ0n) is 16.8. The Morgan fingerprint density at radius 3 is 2.59 bits per heavy atom. The second-order valence-electron chi connectivity index (χ2n) is 8.16. The molecule has 1 heterocycles. The number of hydrogen-bond acceptors (Lipinski definition) is 4. The molecule has 1 aliphatic carbocycles. The minimum Gasteiger partial charge on any atom is -0.378 e. The Labute approximate surface area is 209 Å². The largest absolute Gasteiger partial charge is 0.378 e. The van der Waals surface area contributed by atoms with Crippen molar-refractivity contribution in [2.45, 2.75) is 33.9 Å². The Balaban J connectivity index is 1.53. The van der Waals surface area contributed by atoms with Crippen LogP contribution in [0.15, 0.2) is 76.1 Å². The van der Waals surface area contributed by atoms with E-state index in [2.05, 4.69) is 45.5 Å². The zero-order chi connectivity index (χ0) is 22.4. The van der Waals surface area contributed by atoms with Crippen LogP contribution in [0.1, 0.15) is 29.5 Å². The molecule has 2 aliphatic rings. The first-order valence-electron chi connectivity index (χ1n) is 10.3. The third kappa shape index (κ3) is 4.03. The van der Waals surface area contributed by atoms with E-state index in [1.807, 2.05) is 30.3 Å². The average Bonchev–Trinajstić information content (AvgIpc) is 3.10. The lowest BCUT2D eigenvalue weighted by Gasteiger charge is -2.38. The van der Waals surface area contributed by atoms with E-state index in [0.717, 1.165) is 22.1 Å². The third-order valence-electron chi connectivity index (χ3n) is 6.35. The fourth-order valence-electron chi connectivity index (χ4n) is 4.96. The first-order chi connectivity index (χ1) is 15.4. The molecule has 164 valence electrons. The highest BCUT2D eigenvalue weighted by Gasteiger charge is 2.50. The van der Waals surface area contributed by atoms with Gasteiger partial charge in [-0.05, 0) is 59.9 Å². The van der Waals surface area contributed by atoms with Gasteiger partial charge in [0.25, 0.3) is 5.69 Å². The molecule has 3 aromatic carbocycles. The lowest BCUT2D eigenvalue weighted by Crippen LogP contribution is -2.31. The molecule has 0 amide bonds. The van der Waals surface area contributed by atoms with Crippen LogP contribution >= 0.6 is 50.9 Å². The highest BCUT2D eigenvalue weighted by molar-refractivity contribution is 9.10. The lowest BCUT2D eigenvalue weighted by molar-refractivity contribution is -0.387. The summed E-state index contributed by atoms with van der Waals surface area (Å²) in [5.74, 6) is 0.382. The summed E-state index contributed by atoms with van der Waals surface area (Å²) in [5.41, 5.74) is 3.57. The molecule has 3 aromatic rings. The van der Waals surface area contributed by atoms with Crippen LogP contribution in [0.25, 0.3) is 0 Å². The number of benzene rings is 3. The van der Waals surface area contributed by atoms with Gasteiger partial charge in [-0.1, -0.05) is 51.8 Å². The summed E-state index contributed by atoms with van der Waals surface area (Å²) in [7, 11) is 0. The number of rotatable bonds is 4. The number of nitrogens with one attached hydrogen (secondary N) is 1. The summed E-state index contributed by atoms with van der Waals surface area (Å²) in [6.45, 7) is 0. The lowest BCUT2D eigenvalue weighted by atomic mass is 9.77. The molecule has 0 saturated heterocycles. The van der Waals surface area contributed by atoms with Crippen molar-refractivity contribution in [3.8, 4) is 0 Å². The van der Waals surface area contributed by atoms with Crippen LogP contribution in [0.2, 0.25) is 5.02 Å². The predicted molar refractivity (Wildman–Crippen MR) is 135 cm³/mol. The molecule has 1 saturated carbocycles. The monoisotopic (exact) mass is 548 g/mol. The van der Waals surface area contributed by atoms with Gasteiger partial charge >= 0.3 is 0 Å². The molecule has 32 heavy (non-hydrogen) atoms. The molecule has 4 nitrogen and oxygen atoms in total. The first-order valence-corrected chi connectivity index (χ1v) is 12.8. The maximum Gasteiger partial charge on any atom is 0.282 e. The summed E-state index contributed by atoms with van der Waals surface area (Å²) in [5, 5.41) is 15.9. The minimum atomic E-state index is -0.321. The molecule has 5 rings (SSSR count). The van der Waals surface area contributed by atoms with Gasteiger partial charge in [-0.2, -0.15) is 0 Å². The topological polar surface area (TPSA) is 55.2 Å². The number of anilines is 1. The van der Waals surface area contributed by atoms with Crippen molar-refractivity contribution in [3.63, 3.8) is 0 Å². The van der Waals surface area contributed by atoms with Crippen molar-refractivity contribution in [3.05, 3.63) is 97.5 Å². The Bertz CT molecular complexity index is 1180. The van der Waals surface area contributed by atoms with Gasteiger partial charge in [-0.15, -0.1) is 23.4 Å². The van der Waals surface area contributed by atoms with E-state index in [1.165, 1.54) is 17.3 Å². The van der Waals surface area contributed by atoms with Crippen LogP contribution in [0, 0.1) is 16.0 Å². The molecular formula is C24H19BrCl2N2O2S. The van der Waals surface area contributed by atoms with Crippen LogP contribution in [-0.4, -0.2) is 15.6 Å². The smallest absolute Gasteiger partial charge is 0.282 e. The van der Waals surface area contributed by atoms with Crippen molar-refractivity contribution < 1.29 is 4.92 Å². The van der Waals surface area contributed by atoms with Gasteiger partial charge in [0.15, 0.2) is 0 Å². The summed E-state index contributed by atoms with van der Waals surface area (Å²) >= 11 is 18.4. The molecule has 1 fully saturated rings. The van der Waals surface area contributed by atoms with Crippen LogP contribution in [0.3, 0.4) is 0 Å². The molecule has 0 bridgehead atoms. The van der Waals surface area contributed by atoms with Crippen molar-refractivity contribution in [1.29, 1.82) is 0 Å². The summed E-state index contributed by atoms with van der Waals surface area (Å²) < 4.78 is 1.01. The van der Waals surface area contributed by atoms with Crippen LogP contribution in [0.5, 0.6) is 0 Å². The number of nitrogens with zero attached hydrogens (tertiary/aromatic N) is 1. The molecule has 1 aliphatic heterocycles. The third-order valence-corrected chi connectivity index (χ3v) is 9.20. The number of nitro benzene ring substituents is 1. The number of nitro groups is 1. The molecule has 0 unspecified atom stereocenters. The van der Waals surface area contributed by atoms with E-state index >= 15 is 0 Å². The summed E-state index contributed by atoms with van der Waals surface area (Å²) in [6.07, 6.45) is 0.849. The fourth-order valence-corrected chi connectivity index (χ4v) is 7.41.